The molecule has 2 rings (SSSR count). The highest BCUT2D eigenvalue weighted by Gasteiger charge is 2.12. The van der Waals surface area contributed by atoms with Gasteiger partial charge in [-0.15, -0.1) is 0 Å². The van der Waals surface area contributed by atoms with E-state index in [1.165, 1.54) is 12.1 Å². The molecule has 0 fully saturated rings. The van der Waals surface area contributed by atoms with Crippen LogP contribution in [0.5, 0.6) is 0 Å². The van der Waals surface area contributed by atoms with Gasteiger partial charge in [0.05, 0.1) is 11.4 Å². The normalized spacial score (nSPS) is 11.3. The molecule has 2 aromatic carbocycles. The summed E-state index contributed by atoms with van der Waals surface area (Å²) in [5.74, 6) is 0. The molecule has 20 heavy (non-hydrogen) atoms. The number of benzene rings is 2. The first-order valence-electron chi connectivity index (χ1n) is 5.73. The fourth-order valence-electron chi connectivity index (χ4n) is 1.76. The van der Waals surface area contributed by atoms with Crippen molar-refractivity contribution in [2.24, 2.45) is 5.14 Å². The Morgan fingerprint density at radius 1 is 1.15 bits per heavy atom. The van der Waals surface area contributed by atoms with Crippen LogP contribution in [0.4, 0.5) is 17.1 Å². The molecule has 0 aromatic heterocycles. The lowest BCUT2D eigenvalue weighted by atomic mass is 10.2. The van der Waals surface area contributed by atoms with Gasteiger partial charge in [0.25, 0.3) is 0 Å². The number of nitrogens with two attached hydrogens (primary N) is 2. The van der Waals surface area contributed by atoms with Crippen molar-refractivity contribution in [2.45, 2.75) is 11.8 Å². The number of halogens is 1. The van der Waals surface area contributed by atoms with Gasteiger partial charge in [0.1, 0.15) is 4.90 Å². The Bertz CT molecular complexity index is 760. The molecule has 2 aromatic rings. The molecule has 0 aliphatic carbocycles. The molecule has 0 unspecified atom stereocenters. The molecule has 7 heteroatoms. The third-order valence-corrected chi connectivity index (χ3v) is 4.36. The minimum atomic E-state index is -3.80. The number of nitrogens with one attached hydrogen (secondary N) is 1. The van der Waals surface area contributed by atoms with E-state index in [1.807, 2.05) is 25.1 Å². The van der Waals surface area contributed by atoms with E-state index >= 15 is 0 Å². The third-order valence-electron chi connectivity index (χ3n) is 2.72. The Morgan fingerprint density at radius 2 is 1.85 bits per heavy atom. The Balaban J connectivity index is 2.34. The van der Waals surface area contributed by atoms with E-state index < -0.39 is 10.0 Å². The van der Waals surface area contributed by atoms with Crippen LogP contribution in [0.1, 0.15) is 5.56 Å². The number of sulfonamides is 1. The third kappa shape index (κ3) is 3.30. The predicted octanol–water partition coefficient (Wildman–Crippen LogP) is 2.73. The molecule has 0 saturated heterocycles. The van der Waals surface area contributed by atoms with Gasteiger partial charge in [0.15, 0.2) is 0 Å². The van der Waals surface area contributed by atoms with Crippen LogP contribution in [-0.2, 0) is 10.0 Å². The molecule has 0 bridgehead atoms. The second-order valence-corrected chi connectivity index (χ2v) is 6.79. The summed E-state index contributed by atoms with van der Waals surface area (Å²) in [5, 5.41) is 8.22. The highest BCUT2D eigenvalue weighted by Crippen LogP contribution is 2.29. The van der Waals surface area contributed by atoms with Gasteiger partial charge in [0, 0.05) is 10.2 Å². The van der Waals surface area contributed by atoms with Crippen molar-refractivity contribution in [2.75, 3.05) is 11.1 Å². The number of anilines is 3. The molecule has 0 spiro atoms. The van der Waals surface area contributed by atoms with Crippen LogP contribution in [0.25, 0.3) is 0 Å². The number of hydrogen-bond acceptors (Lipinski definition) is 4. The smallest absolute Gasteiger partial charge is 0.240 e. The van der Waals surface area contributed by atoms with Gasteiger partial charge in [-0.3, -0.25) is 0 Å². The maximum atomic E-state index is 11.3. The second-order valence-electron chi connectivity index (χ2n) is 4.41. The Kier molecular flexibility index (Phi) is 4.03. The monoisotopic (exact) mass is 355 g/mol. The molecule has 5 nitrogen and oxygen atoms in total. The average molecular weight is 356 g/mol. The van der Waals surface area contributed by atoms with Crippen molar-refractivity contribution in [3.63, 3.8) is 0 Å². The second kappa shape index (κ2) is 5.43. The predicted molar refractivity (Wildman–Crippen MR) is 84.4 cm³/mol. The van der Waals surface area contributed by atoms with E-state index in [-0.39, 0.29) is 10.6 Å². The molecule has 0 atom stereocenters. The lowest BCUT2D eigenvalue weighted by Gasteiger charge is -2.11. The molecule has 5 N–H and O–H groups in total. The molecule has 0 radical (unpaired) electrons. The fourth-order valence-corrected chi connectivity index (χ4v) is 3.00. The SMILES string of the molecule is Cc1ccc(Nc2ccc(S(N)(=O)=O)c(N)c2)c(Br)c1. The van der Waals surface area contributed by atoms with E-state index in [0.29, 0.717) is 5.69 Å². The van der Waals surface area contributed by atoms with Crippen LogP contribution in [0.2, 0.25) is 0 Å². The maximum Gasteiger partial charge on any atom is 0.240 e. The van der Waals surface area contributed by atoms with Crippen molar-refractivity contribution in [3.8, 4) is 0 Å². The van der Waals surface area contributed by atoms with Crippen molar-refractivity contribution < 1.29 is 8.42 Å². The highest BCUT2D eigenvalue weighted by atomic mass is 79.9. The minimum absolute atomic E-state index is 0.0778. The molecule has 0 aliphatic rings. The minimum Gasteiger partial charge on any atom is -0.398 e. The molecule has 0 amide bonds. The van der Waals surface area contributed by atoms with Gasteiger partial charge in [0.2, 0.25) is 10.0 Å². The molecule has 0 aliphatic heterocycles. The first-order chi connectivity index (χ1) is 9.27. The standard InChI is InChI=1S/C13H14BrN3O2S/c1-8-2-4-12(10(14)6-8)17-9-3-5-13(11(15)7-9)20(16,18)19/h2-7,17H,15H2,1H3,(H2,16,18,19). The largest absolute Gasteiger partial charge is 0.398 e. The lowest BCUT2D eigenvalue weighted by Crippen LogP contribution is -2.14. The van der Waals surface area contributed by atoms with Crippen LogP contribution in [0.15, 0.2) is 45.8 Å². The van der Waals surface area contributed by atoms with Crippen LogP contribution >= 0.6 is 15.9 Å². The van der Waals surface area contributed by atoms with E-state index in [9.17, 15) is 8.42 Å². The zero-order valence-electron chi connectivity index (χ0n) is 10.7. The van der Waals surface area contributed by atoms with Gasteiger partial charge in [-0.25, -0.2) is 13.6 Å². The highest BCUT2D eigenvalue weighted by molar-refractivity contribution is 9.10. The summed E-state index contributed by atoms with van der Waals surface area (Å²) in [5.41, 5.74) is 8.49. The average Bonchev–Trinajstić information content (AvgIpc) is 2.31. The summed E-state index contributed by atoms with van der Waals surface area (Å²) in [6.45, 7) is 1.99. The van der Waals surface area contributed by atoms with Crippen molar-refractivity contribution in [3.05, 3.63) is 46.4 Å². The van der Waals surface area contributed by atoms with Gasteiger partial charge >= 0.3 is 0 Å². The maximum absolute atomic E-state index is 11.3. The molecule has 0 saturated carbocycles. The first kappa shape index (κ1) is 14.8. The number of rotatable bonds is 3. The summed E-state index contributed by atoms with van der Waals surface area (Å²) in [4.78, 5) is -0.0778. The van der Waals surface area contributed by atoms with Crippen LogP contribution < -0.4 is 16.2 Å². The van der Waals surface area contributed by atoms with Gasteiger partial charge in [-0.1, -0.05) is 6.07 Å². The summed E-state index contributed by atoms with van der Waals surface area (Å²) in [7, 11) is -3.80. The summed E-state index contributed by atoms with van der Waals surface area (Å²) in [6.07, 6.45) is 0. The van der Waals surface area contributed by atoms with Crippen molar-refractivity contribution in [1.29, 1.82) is 0 Å². The van der Waals surface area contributed by atoms with Crippen LogP contribution in [-0.4, -0.2) is 8.42 Å². The summed E-state index contributed by atoms with van der Waals surface area (Å²) in [6, 6.07) is 10.4. The van der Waals surface area contributed by atoms with Crippen LogP contribution in [0.3, 0.4) is 0 Å². The van der Waals surface area contributed by atoms with E-state index in [4.69, 9.17) is 10.9 Å². The Morgan fingerprint density at radius 3 is 2.40 bits per heavy atom. The van der Waals surface area contributed by atoms with E-state index in [0.717, 1.165) is 15.7 Å². The first-order valence-corrected chi connectivity index (χ1v) is 8.07. The lowest BCUT2D eigenvalue weighted by molar-refractivity contribution is 0.598. The molecule has 106 valence electrons. The summed E-state index contributed by atoms with van der Waals surface area (Å²) >= 11 is 3.46. The molecular weight excluding hydrogens is 342 g/mol. The number of aryl methyl sites for hydroxylation is 1. The Labute approximate surface area is 126 Å². The van der Waals surface area contributed by atoms with Gasteiger partial charge < -0.3 is 11.1 Å². The van der Waals surface area contributed by atoms with Crippen molar-refractivity contribution >= 4 is 43.0 Å². The zero-order chi connectivity index (χ0) is 14.9. The van der Waals surface area contributed by atoms with E-state index in [1.54, 1.807) is 6.07 Å². The quantitative estimate of drug-likeness (QED) is 0.737. The molecular formula is C13H14BrN3O2S. The number of nitrogen functional groups attached to an aromatic ring is 1. The number of primary sulfonamides is 1. The van der Waals surface area contributed by atoms with Gasteiger partial charge in [-0.2, -0.15) is 0 Å². The Hall–Kier alpha value is -1.57. The topological polar surface area (TPSA) is 98.2 Å². The zero-order valence-corrected chi connectivity index (χ0v) is 13.1. The summed E-state index contributed by atoms with van der Waals surface area (Å²) < 4.78 is 23.5. The molecule has 0 heterocycles. The van der Waals surface area contributed by atoms with Crippen molar-refractivity contribution in [1.82, 2.24) is 0 Å². The fraction of sp³-hybridized carbons (Fsp3) is 0.0769. The number of hydrogen-bond donors (Lipinski definition) is 3. The van der Waals surface area contributed by atoms with Gasteiger partial charge in [-0.05, 0) is 58.7 Å². The van der Waals surface area contributed by atoms with Crippen LogP contribution in [0, 0.1) is 6.92 Å². The van der Waals surface area contributed by atoms with E-state index in [2.05, 4.69) is 21.2 Å².